The fourth-order valence-corrected chi connectivity index (χ4v) is 1.77. The molecule has 0 unspecified atom stereocenters. The van der Waals surface area contributed by atoms with Gasteiger partial charge in [-0.05, 0) is 0 Å². The summed E-state index contributed by atoms with van der Waals surface area (Å²) in [5, 5.41) is -1.50. The first-order valence-electron chi connectivity index (χ1n) is 3.97. The highest BCUT2D eigenvalue weighted by atomic mass is 35.5. The zero-order chi connectivity index (χ0) is 14.1. The third-order valence-electron chi connectivity index (χ3n) is 1.51. The average molecular weight is 314 g/mol. The first-order valence-corrected chi connectivity index (χ1v) is 5.16. The van der Waals surface area contributed by atoms with Crippen LogP contribution in [0.2, 0.25) is 5.15 Å². The summed E-state index contributed by atoms with van der Waals surface area (Å²) in [4.78, 5) is 13.1. The van der Waals surface area contributed by atoms with Gasteiger partial charge in [0.15, 0.2) is 11.4 Å². The first kappa shape index (κ1) is 15.0. The van der Waals surface area contributed by atoms with Crippen molar-refractivity contribution in [2.45, 2.75) is 18.5 Å². The van der Waals surface area contributed by atoms with Crippen LogP contribution in [0, 0.1) is 0 Å². The van der Waals surface area contributed by atoms with Crippen LogP contribution in [0.3, 0.4) is 0 Å². The minimum absolute atomic E-state index is 0.142. The second-order valence-electron chi connectivity index (χ2n) is 2.83. The SMILES string of the molecule is O=Cc1sc(OC(C(F)(F)F)C(F)(F)F)nc1Cl. The first-order chi connectivity index (χ1) is 8.05. The minimum atomic E-state index is -5.66. The molecule has 1 rings (SSSR count). The topological polar surface area (TPSA) is 39.2 Å². The summed E-state index contributed by atoms with van der Waals surface area (Å²) in [5.41, 5.74) is 0. The Bertz CT molecular complexity index is 428. The third-order valence-corrected chi connectivity index (χ3v) is 2.78. The van der Waals surface area contributed by atoms with E-state index < -0.39 is 28.8 Å². The molecule has 102 valence electrons. The summed E-state index contributed by atoms with van der Waals surface area (Å²) >= 11 is 5.47. The lowest BCUT2D eigenvalue weighted by atomic mass is 10.3. The van der Waals surface area contributed by atoms with Crippen LogP contribution >= 0.6 is 22.9 Å². The van der Waals surface area contributed by atoms with Gasteiger partial charge in [0.25, 0.3) is 11.3 Å². The predicted octanol–water partition coefficient (Wildman–Crippen LogP) is 3.48. The largest absolute Gasteiger partial charge is 0.447 e. The Hall–Kier alpha value is -1.03. The third kappa shape index (κ3) is 3.48. The molecule has 0 aliphatic heterocycles. The van der Waals surface area contributed by atoms with E-state index >= 15 is 0 Å². The van der Waals surface area contributed by atoms with Gasteiger partial charge in [0.1, 0.15) is 4.88 Å². The maximum Gasteiger partial charge on any atom is 0.434 e. The standard InChI is InChI=1S/C7H2ClF6NO2S/c8-3-2(1-16)18-5(15-3)17-4(6(9,10)11)7(12,13)14/h1,4H. The van der Waals surface area contributed by atoms with Crippen LogP contribution < -0.4 is 4.74 Å². The molecule has 1 aromatic heterocycles. The van der Waals surface area contributed by atoms with E-state index in [-0.39, 0.29) is 22.5 Å². The molecule has 0 spiro atoms. The maximum atomic E-state index is 12.1. The summed E-state index contributed by atoms with van der Waals surface area (Å²) in [7, 11) is 0. The predicted molar refractivity (Wildman–Crippen MR) is 49.0 cm³/mol. The van der Waals surface area contributed by atoms with Crippen molar-refractivity contribution in [3.05, 3.63) is 10.0 Å². The van der Waals surface area contributed by atoms with Gasteiger partial charge >= 0.3 is 12.4 Å². The van der Waals surface area contributed by atoms with E-state index in [1.807, 2.05) is 0 Å². The van der Waals surface area contributed by atoms with Crippen LogP contribution in [0.1, 0.15) is 9.67 Å². The molecule has 3 nitrogen and oxygen atoms in total. The molecule has 0 radical (unpaired) electrons. The highest BCUT2D eigenvalue weighted by Gasteiger charge is 2.59. The van der Waals surface area contributed by atoms with E-state index in [1.54, 1.807) is 0 Å². The smallest absolute Gasteiger partial charge is 0.434 e. The van der Waals surface area contributed by atoms with Crippen molar-refractivity contribution >= 4 is 29.2 Å². The minimum Gasteiger partial charge on any atom is -0.447 e. The van der Waals surface area contributed by atoms with Crippen molar-refractivity contribution in [2.24, 2.45) is 0 Å². The molecule has 0 aliphatic rings. The van der Waals surface area contributed by atoms with Gasteiger partial charge in [-0.25, -0.2) is 0 Å². The zero-order valence-electron chi connectivity index (χ0n) is 7.97. The van der Waals surface area contributed by atoms with Crippen molar-refractivity contribution in [1.29, 1.82) is 0 Å². The van der Waals surface area contributed by atoms with Crippen molar-refractivity contribution in [1.82, 2.24) is 4.98 Å². The molecule has 11 heteroatoms. The Morgan fingerprint density at radius 2 is 1.72 bits per heavy atom. The van der Waals surface area contributed by atoms with Gasteiger partial charge in [-0.3, -0.25) is 4.79 Å². The number of carbonyl (C=O) groups excluding carboxylic acids is 1. The van der Waals surface area contributed by atoms with Crippen LogP contribution in [0.5, 0.6) is 5.19 Å². The molecule has 0 bridgehead atoms. The maximum absolute atomic E-state index is 12.1. The summed E-state index contributed by atoms with van der Waals surface area (Å²) < 4.78 is 76.4. The van der Waals surface area contributed by atoms with Crippen molar-refractivity contribution in [3.63, 3.8) is 0 Å². The number of aromatic nitrogens is 1. The highest BCUT2D eigenvalue weighted by molar-refractivity contribution is 7.15. The normalized spacial score (nSPS) is 12.9. The highest BCUT2D eigenvalue weighted by Crippen LogP contribution is 2.38. The Balaban J connectivity index is 3.00. The van der Waals surface area contributed by atoms with E-state index in [1.165, 1.54) is 0 Å². The van der Waals surface area contributed by atoms with E-state index in [9.17, 15) is 31.1 Å². The molecular formula is C7H2ClF6NO2S. The number of nitrogens with zero attached hydrogens (tertiary/aromatic N) is 1. The van der Waals surface area contributed by atoms with Crippen molar-refractivity contribution in [2.75, 3.05) is 0 Å². The van der Waals surface area contributed by atoms with Gasteiger partial charge in [-0.1, -0.05) is 22.9 Å². The molecular weight excluding hydrogens is 312 g/mol. The molecule has 1 aromatic rings. The van der Waals surface area contributed by atoms with Gasteiger partial charge in [0.2, 0.25) is 0 Å². The molecule has 0 atom stereocenters. The van der Waals surface area contributed by atoms with Crippen LogP contribution in [0.25, 0.3) is 0 Å². The number of halogens is 7. The number of hydrogen-bond donors (Lipinski definition) is 0. The molecule has 0 amide bonds. The van der Waals surface area contributed by atoms with Gasteiger partial charge < -0.3 is 4.74 Å². The quantitative estimate of drug-likeness (QED) is 0.633. The fraction of sp³-hybridized carbons (Fsp3) is 0.429. The van der Waals surface area contributed by atoms with Gasteiger partial charge in [-0.15, -0.1) is 0 Å². The summed E-state index contributed by atoms with van der Waals surface area (Å²) in [6.07, 6.45) is -15.2. The van der Waals surface area contributed by atoms with E-state index in [4.69, 9.17) is 11.6 Å². The lowest BCUT2D eigenvalue weighted by molar-refractivity contribution is -0.299. The fourth-order valence-electron chi connectivity index (χ4n) is 0.837. The number of hydrogen-bond acceptors (Lipinski definition) is 4. The molecule has 0 N–H and O–H groups in total. The van der Waals surface area contributed by atoms with Crippen molar-refractivity contribution < 1.29 is 35.9 Å². The molecule has 0 aromatic carbocycles. The Labute approximate surface area is 104 Å². The van der Waals surface area contributed by atoms with Gasteiger partial charge in [0.05, 0.1) is 0 Å². The number of ether oxygens (including phenoxy) is 1. The van der Waals surface area contributed by atoms with Crippen LogP contribution in [-0.4, -0.2) is 29.7 Å². The Morgan fingerprint density at radius 1 is 1.22 bits per heavy atom. The molecule has 0 aliphatic carbocycles. The zero-order valence-corrected chi connectivity index (χ0v) is 9.54. The number of alkyl halides is 6. The van der Waals surface area contributed by atoms with Gasteiger partial charge in [0, 0.05) is 0 Å². The summed E-state index contributed by atoms with van der Waals surface area (Å²) in [6, 6.07) is 0. The Morgan fingerprint density at radius 3 is 2.06 bits per heavy atom. The van der Waals surface area contributed by atoms with Crippen molar-refractivity contribution in [3.8, 4) is 5.19 Å². The molecule has 18 heavy (non-hydrogen) atoms. The second kappa shape index (κ2) is 4.92. The van der Waals surface area contributed by atoms with Crippen LogP contribution in [0.15, 0.2) is 0 Å². The number of thiazole rings is 1. The average Bonchev–Trinajstić information content (AvgIpc) is 2.52. The molecule has 0 fully saturated rings. The molecule has 1 heterocycles. The molecule has 0 saturated carbocycles. The van der Waals surface area contributed by atoms with E-state index in [2.05, 4.69) is 9.72 Å². The number of aldehydes is 1. The Kier molecular flexibility index (Phi) is 4.11. The number of carbonyl (C=O) groups is 1. The van der Waals surface area contributed by atoms with E-state index in [0.717, 1.165) is 0 Å². The lowest BCUT2D eigenvalue weighted by Gasteiger charge is -2.22. The van der Waals surface area contributed by atoms with Crippen LogP contribution in [-0.2, 0) is 0 Å². The molecule has 0 saturated heterocycles. The summed E-state index contributed by atoms with van der Waals surface area (Å²) in [5.74, 6) is 0. The summed E-state index contributed by atoms with van der Waals surface area (Å²) in [6.45, 7) is 0. The number of rotatable bonds is 3. The van der Waals surface area contributed by atoms with E-state index in [0.29, 0.717) is 0 Å². The monoisotopic (exact) mass is 313 g/mol. The second-order valence-corrected chi connectivity index (χ2v) is 4.19. The van der Waals surface area contributed by atoms with Crippen LogP contribution in [0.4, 0.5) is 26.3 Å². The lowest BCUT2D eigenvalue weighted by Crippen LogP contribution is -2.46. The van der Waals surface area contributed by atoms with Gasteiger partial charge in [-0.2, -0.15) is 31.3 Å².